The lowest BCUT2D eigenvalue weighted by molar-refractivity contribution is -0.153. The molecular formula is C20H24F3N3O3. The van der Waals surface area contributed by atoms with Gasteiger partial charge in [0, 0.05) is 19.6 Å². The van der Waals surface area contributed by atoms with Crippen LogP contribution < -0.4 is 19.7 Å². The molecule has 2 heterocycles. The first-order chi connectivity index (χ1) is 13.9. The average molecular weight is 411 g/mol. The van der Waals surface area contributed by atoms with Gasteiger partial charge in [-0.15, -0.1) is 0 Å². The van der Waals surface area contributed by atoms with Gasteiger partial charge in [0.25, 0.3) is 0 Å². The maximum atomic E-state index is 12.4. The predicted molar refractivity (Wildman–Crippen MR) is 104 cm³/mol. The molecule has 1 aliphatic rings. The van der Waals surface area contributed by atoms with E-state index in [2.05, 4.69) is 15.2 Å². The molecule has 0 unspecified atom stereocenters. The second kappa shape index (κ2) is 9.69. The zero-order chi connectivity index (χ0) is 20.7. The van der Waals surface area contributed by atoms with Gasteiger partial charge in [-0.05, 0) is 36.8 Å². The number of halogens is 3. The Morgan fingerprint density at radius 2 is 1.90 bits per heavy atom. The van der Waals surface area contributed by atoms with Crippen LogP contribution in [0, 0.1) is 0 Å². The molecular weight excluding hydrogens is 387 g/mol. The van der Waals surface area contributed by atoms with E-state index in [0.717, 1.165) is 30.2 Å². The van der Waals surface area contributed by atoms with Gasteiger partial charge in [-0.1, -0.05) is 6.07 Å². The van der Waals surface area contributed by atoms with Crippen LogP contribution in [0.15, 0.2) is 36.5 Å². The van der Waals surface area contributed by atoms with Gasteiger partial charge in [-0.2, -0.15) is 13.2 Å². The van der Waals surface area contributed by atoms with Crippen LogP contribution in [0.3, 0.4) is 0 Å². The van der Waals surface area contributed by atoms with Crippen molar-refractivity contribution >= 4 is 11.5 Å². The topological polar surface area (TPSA) is 55.9 Å². The van der Waals surface area contributed by atoms with E-state index in [1.807, 2.05) is 12.1 Å². The van der Waals surface area contributed by atoms with Crippen molar-refractivity contribution in [2.24, 2.45) is 0 Å². The molecule has 29 heavy (non-hydrogen) atoms. The molecule has 6 nitrogen and oxygen atoms in total. The first-order valence-corrected chi connectivity index (χ1v) is 9.42. The molecule has 0 aliphatic carbocycles. The van der Waals surface area contributed by atoms with Crippen LogP contribution in [0.2, 0.25) is 0 Å². The Bertz CT molecular complexity index is 779. The summed E-state index contributed by atoms with van der Waals surface area (Å²) in [6.07, 6.45) is -2.64. The van der Waals surface area contributed by atoms with Gasteiger partial charge in [0.2, 0.25) is 0 Å². The summed E-state index contributed by atoms with van der Waals surface area (Å²) in [5, 5.41) is 3.25. The molecule has 0 amide bonds. The number of hydrogen-bond donors (Lipinski definition) is 1. The molecule has 0 bridgehead atoms. The maximum absolute atomic E-state index is 12.4. The van der Waals surface area contributed by atoms with E-state index in [1.54, 1.807) is 25.3 Å². The maximum Gasteiger partial charge on any atom is 0.422 e. The molecule has 9 heteroatoms. The average Bonchev–Trinajstić information content (AvgIpc) is 2.72. The Kier molecular flexibility index (Phi) is 7.03. The van der Waals surface area contributed by atoms with Crippen molar-refractivity contribution in [1.29, 1.82) is 0 Å². The Morgan fingerprint density at radius 1 is 1.10 bits per heavy atom. The summed E-state index contributed by atoms with van der Waals surface area (Å²) >= 11 is 0. The third-order valence-corrected chi connectivity index (χ3v) is 4.28. The van der Waals surface area contributed by atoms with Crippen LogP contribution in [-0.4, -0.2) is 50.7 Å². The van der Waals surface area contributed by atoms with E-state index in [-0.39, 0.29) is 11.5 Å². The minimum atomic E-state index is -4.40. The molecule has 2 aromatic rings. The quantitative estimate of drug-likeness (QED) is 0.712. The highest BCUT2D eigenvalue weighted by Gasteiger charge is 2.29. The van der Waals surface area contributed by atoms with Gasteiger partial charge >= 0.3 is 6.18 Å². The Labute approximate surface area is 167 Å². The Morgan fingerprint density at radius 3 is 2.55 bits per heavy atom. The highest BCUT2D eigenvalue weighted by molar-refractivity contribution is 5.50. The molecule has 1 aromatic heterocycles. The number of benzene rings is 1. The van der Waals surface area contributed by atoms with Gasteiger partial charge in [-0.25, -0.2) is 4.98 Å². The Balaban J connectivity index is 1.60. The molecule has 158 valence electrons. The molecule has 0 atom stereocenters. The Hall–Kier alpha value is -2.68. The molecule has 1 saturated heterocycles. The van der Waals surface area contributed by atoms with Crippen LogP contribution in [0.4, 0.5) is 24.7 Å². The molecule has 1 aliphatic heterocycles. The normalized spacial score (nSPS) is 14.6. The number of anilines is 2. The number of nitrogens with one attached hydrogen (secondary N) is 1. The molecule has 1 fully saturated rings. The highest BCUT2D eigenvalue weighted by Crippen LogP contribution is 2.30. The summed E-state index contributed by atoms with van der Waals surface area (Å²) in [7, 11) is 0. The van der Waals surface area contributed by atoms with Crippen molar-refractivity contribution in [2.45, 2.75) is 19.6 Å². The van der Waals surface area contributed by atoms with Gasteiger partial charge in [0.05, 0.1) is 31.7 Å². The number of alkyl halides is 3. The third kappa shape index (κ3) is 6.42. The minimum absolute atomic E-state index is 0.0736. The van der Waals surface area contributed by atoms with Crippen LogP contribution in [0.1, 0.15) is 12.5 Å². The zero-order valence-corrected chi connectivity index (χ0v) is 16.2. The first-order valence-electron chi connectivity index (χ1n) is 9.42. The van der Waals surface area contributed by atoms with E-state index in [4.69, 9.17) is 14.2 Å². The van der Waals surface area contributed by atoms with Gasteiger partial charge in [0.1, 0.15) is 5.82 Å². The fourth-order valence-corrected chi connectivity index (χ4v) is 2.88. The largest absolute Gasteiger partial charge is 0.490 e. The lowest BCUT2D eigenvalue weighted by Gasteiger charge is -2.27. The summed E-state index contributed by atoms with van der Waals surface area (Å²) in [5.74, 6) is 1.27. The predicted octanol–water partition coefficient (Wildman–Crippen LogP) is 3.87. The van der Waals surface area contributed by atoms with Crippen LogP contribution >= 0.6 is 0 Å². The smallest absolute Gasteiger partial charge is 0.422 e. The van der Waals surface area contributed by atoms with Crippen molar-refractivity contribution in [2.75, 3.05) is 49.7 Å². The molecule has 1 aromatic carbocycles. The fraction of sp³-hybridized carbons (Fsp3) is 0.450. The van der Waals surface area contributed by atoms with Crippen molar-refractivity contribution in [3.05, 3.63) is 42.1 Å². The third-order valence-electron chi connectivity index (χ3n) is 4.28. The SMILES string of the molecule is CCOc1cc(CNc2ccc(N3CCOCC3)nc2)ccc1OCC(F)(F)F. The fourth-order valence-electron chi connectivity index (χ4n) is 2.88. The number of rotatable bonds is 8. The van der Waals surface area contributed by atoms with E-state index in [1.165, 1.54) is 6.07 Å². The second-order valence-electron chi connectivity index (χ2n) is 6.48. The number of pyridine rings is 1. The first kappa shape index (κ1) is 21.0. The van der Waals surface area contributed by atoms with Crippen LogP contribution in [0.25, 0.3) is 0 Å². The summed E-state index contributed by atoms with van der Waals surface area (Å²) in [4.78, 5) is 6.65. The summed E-state index contributed by atoms with van der Waals surface area (Å²) in [5.41, 5.74) is 1.70. The highest BCUT2D eigenvalue weighted by atomic mass is 19.4. The van der Waals surface area contributed by atoms with E-state index < -0.39 is 12.8 Å². The van der Waals surface area contributed by atoms with Crippen molar-refractivity contribution < 1.29 is 27.4 Å². The van der Waals surface area contributed by atoms with E-state index in [0.29, 0.717) is 26.4 Å². The summed E-state index contributed by atoms with van der Waals surface area (Å²) in [6, 6.07) is 8.78. The number of aromatic nitrogens is 1. The molecule has 0 radical (unpaired) electrons. The molecule has 3 rings (SSSR count). The number of morpholine rings is 1. The van der Waals surface area contributed by atoms with Gasteiger partial charge < -0.3 is 24.4 Å². The number of ether oxygens (including phenoxy) is 3. The molecule has 0 saturated carbocycles. The van der Waals surface area contributed by atoms with E-state index >= 15 is 0 Å². The zero-order valence-electron chi connectivity index (χ0n) is 16.2. The lowest BCUT2D eigenvalue weighted by Crippen LogP contribution is -2.36. The monoisotopic (exact) mass is 411 g/mol. The molecule has 0 spiro atoms. The summed E-state index contributed by atoms with van der Waals surface area (Å²) < 4.78 is 52.8. The van der Waals surface area contributed by atoms with E-state index in [9.17, 15) is 13.2 Å². The van der Waals surface area contributed by atoms with Crippen molar-refractivity contribution in [1.82, 2.24) is 4.98 Å². The van der Waals surface area contributed by atoms with Gasteiger partial charge in [-0.3, -0.25) is 0 Å². The van der Waals surface area contributed by atoms with Crippen molar-refractivity contribution in [3.63, 3.8) is 0 Å². The standard InChI is InChI=1S/C20H24F3N3O3/c1-2-28-18-11-15(3-5-17(18)29-14-20(21,22)23)12-24-16-4-6-19(25-13-16)26-7-9-27-10-8-26/h3-6,11,13,24H,2,7-10,12,14H2,1H3. The lowest BCUT2D eigenvalue weighted by atomic mass is 10.2. The molecule has 1 N–H and O–H groups in total. The van der Waals surface area contributed by atoms with Crippen LogP contribution in [-0.2, 0) is 11.3 Å². The number of nitrogens with zero attached hydrogens (tertiary/aromatic N) is 2. The summed E-state index contributed by atoms with van der Waals surface area (Å²) in [6.45, 7) is 4.25. The number of hydrogen-bond acceptors (Lipinski definition) is 6. The van der Waals surface area contributed by atoms with Gasteiger partial charge in [0.15, 0.2) is 18.1 Å². The van der Waals surface area contributed by atoms with Crippen molar-refractivity contribution in [3.8, 4) is 11.5 Å². The minimum Gasteiger partial charge on any atom is -0.490 e. The second-order valence-corrected chi connectivity index (χ2v) is 6.48. The van der Waals surface area contributed by atoms with Crippen LogP contribution in [0.5, 0.6) is 11.5 Å².